The van der Waals surface area contributed by atoms with E-state index in [-0.39, 0.29) is 6.79 Å². The fourth-order valence-electron chi connectivity index (χ4n) is 2.10. The SMILES string of the molecule is C/C(=N/Nc1nc(C)cc(C)n1)c1ccc2c(c1)OCO2. The van der Waals surface area contributed by atoms with E-state index >= 15 is 0 Å². The van der Waals surface area contributed by atoms with E-state index in [1.54, 1.807) is 0 Å². The van der Waals surface area contributed by atoms with Crippen molar-refractivity contribution < 1.29 is 9.47 Å². The Morgan fingerprint density at radius 3 is 2.57 bits per heavy atom. The minimum absolute atomic E-state index is 0.267. The van der Waals surface area contributed by atoms with Crippen molar-refractivity contribution >= 4 is 11.7 Å². The fraction of sp³-hybridized carbons (Fsp3) is 0.267. The number of ether oxygens (including phenoxy) is 2. The van der Waals surface area contributed by atoms with E-state index in [2.05, 4.69) is 20.5 Å². The van der Waals surface area contributed by atoms with Crippen molar-refractivity contribution in [2.75, 3.05) is 12.2 Å². The molecule has 21 heavy (non-hydrogen) atoms. The third-order valence-corrected chi connectivity index (χ3v) is 3.10. The van der Waals surface area contributed by atoms with E-state index in [0.717, 1.165) is 34.2 Å². The first-order valence-corrected chi connectivity index (χ1v) is 6.64. The standard InChI is InChI=1S/C15H16N4O2/c1-9-6-10(2)17-15(16-9)19-18-11(3)12-4-5-13-14(7-12)21-8-20-13/h4-7H,8H2,1-3H3,(H,16,17,19)/b18-11-. The molecular weight excluding hydrogens is 268 g/mol. The first-order chi connectivity index (χ1) is 10.1. The van der Waals surface area contributed by atoms with E-state index < -0.39 is 0 Å². The van der Waals surface area contributed by atoms with Crippen molar-refractivity contribution in [1.82, 2.24) is 9.97 Å². The molecular formula is C15H16N4O2. The van der Waals surface area contributed by atoms with Gasteiger partial charge in [0.15, 0.2) is 11.5 Å². The molecule has 2 aromatic rings. The molecule has 1 aromatic carbocycles. The maximum atomic E-state index is 5.36. The van der Waals surface area contributed by atoms with Gasteiger partial charge in [0, 0.05) is 17.0 Å². The van der Waals surface area contributed by atoms with Gasteiger partial charge in [-0.25, -0.2) is 15.4 Å². The number of nitrogens with zero attached hydrogens (tertiary/aromatic N) is 3. The molecule has 108 valence electrons. The van der Waals surface area contributed by atoms with Crippen LogP contribution in [0.15, 0.2) is 29.4 Å². The molecule has 1 aromatic heterocycles. The number of nitrogens with one attached hydrogen (secondary N) is 1. The zero-order chi connectivity index (χ0) is 14.8. The first kappa shape index (κ1) is 13.4. The lowest BCUT2D eigenvalue weighted by molar-refractivity contribution is 0.174. The Labute approximate surface area is 122 Å². The summed E-state index contributed by atoms with van der Waals surface area (Å²) in [6.07, 6.45) is 0. The summed E-state index contributed by atoms with van der Waals surface area (Å²) in [7, 11) is 0. The van der Waals surface area contributed by atoms with Crippen LogP contribution in [0, 0.1) is 13.8 Å². The molecule has 0 fully saturated rings. The Morgan fingerprint density at radius 2 is 1.81 bits per heavy atom. The Hall–Kier alpha value is -2.63. The van der Waals surface area contributed by atoms with Gasteiger partial charge in [0.1, 0.15) is 0 Å². The van der Waals surface area contributed by atoms with Crippen molar-refractivity contribution in [2.24, 2.45) is 5.10 Å². The zero-order valence-corrected chi connectivity index (χ0v) is 12.2. The van der Waals surface area contributed by atoms with Gasteiger partial charge < -0.3 is 9.47 Å². The summed E-state index contributed by atoms with van der Waals surface area (Å²) in [5.41, 5.74) is 6.46. The Balaban J connectivity index is 1.79. The molecule has 1 aliphatic rings. The second kappa shape index (κ2) is 5.40. The molecule has 1 aliphatic heterocycles. The first-order valence-electron chi connectivity index (χ1n) is 6.64. The highest BCUT2D eigenvalue weighted by Crippen LogP contribution is 2.32. The Bertz CT molecular complexity index is 693. The van der Waals surface area contributed by atoms with E-state index in [9.17, 15) is 0 Å². The van der Waals surface area contributed by atoms with Crippen LogP contribution in [0.25, 0.3) is 0 Å². The van der Waals surface area contributed by atoms with Gasteiger partial charge in [0.2, 0.25) is 12.7 Å². The quantitative estimate of drug-likeness (QED) is 0.693. The fourth-order valence-corrected chi connectivity index (χ4v) is 2.10. The summed E-state index contributed by atoms with van der Waals surface area (Å²) in [5.74, 6) is 1.99. The molecule has 0 saturated heterocycles. The summed E-state index contributed by atoms with van der Waals surface area (Å²) in [5, 5.41) is 4.32. The highest BCUT2D eigenvalue weighted by Gasteiger charge is 2.14. The molecule has 0 spiro atoms. The topological polar surface area (TPSA) is 68.6 Å². The molecule has 0 unspecified atom stereocenters. The van der Waals surface area contributed by atoms with Gasteiger partial charge in [-0.2, -0.15) is 5.10 Å². The maximum Gasteiger partial charge on any atom is 0.243 e. The van der Waals surface area contributed by atoms with E-state index in [1.807, 2.05) is 45.0 Å². The average Bonchev–Trinajstić information content (AvgIpc) is 2.91. The van der Waals surface area contributed by atoms with Gasteiger partial charge >= 0.3 is 0 Å². The van der Waals surface area contributed by atoms with Gasteiger partial charge in [-0.1, -0.05) is 0 Å². The molecule has 0 radical (unpaired) electrons. The van der Waals surface area contributed by atoms with Crippen molar-refractivity contribution in [2.45, 2.75) is 20.8 Å². The van der Waals surface area contributed by atoms with Gasteiger partial charge in [-0.3, -0.25) is 0 Å². The number of hydrogen-bond acceptors (Lipinski definition) is 6. The predicted molar refractivity (Wildman–Crippen MR) is 79.9 cm³/mol. The second-order valence-corrected chi connectivity index (χ2v) is 4.85. The monoisotopic (exact) mass is 284 g/mol. The number of benzene rings is 1. The highest BCUT2D eigenvalue weighted by atomic mass is 16.7. The van der Waals surface area contributed by atoms with Crippen molar-refractivity contribution in [3.8, 4) is 11.5 Å². The molecule has 0 atom stereocenters. The predicted octanol–water partition coefficient (Wildman–Crippen LogP) is 2.66. The van der Waals surface area contributed by atoms with Gasteiger partial charge in [-0.15, -0.1) is 0 Å². The smallest absolute Gasteiger partial charge is 0.243 e. The molecule has 0 aliphatic carbocycles. The number of hydrazone groups is 1. The lowest BCUT2D eigenvalue weighted by Crippen LogP contribution is -2.03. The van der Waals surface area contributed by atoms with Crippen LogP contribution < -0.4 is 14.9 Å². The number of hydrogen-bond donors (Lipinski definition) is 1. The summed E-state index contributed by atoms with van der Waals surface area (Å²) in [4.78, 5) is 8.57. The van der Waals surface area contributed by atoms with Crippen LogP contribution in [-0.2, 0) is 0 Å². The molecule has 0 bridgehead atoms. The molecule has 3 rings (SSSR count). The highest BCUT2D eigenvalue weighted by molar-refractivity contribution is 5.99. The summed E-state index contributed by atoms with van der Waals surface area (Å²) >= 11 is 0. The van der Waals surface area contributed by atoms with Crippen molar-refractivity contribution in [1.29, 1.82) is 0 Å². The number of aromatic nitrogens is 2. The maximum absolute atomic E-state index is 5.36. The van der Waals surface area contributed by atoms with Gasteiger partial charge in [0.25, 0.3) is 0 Å². The van der Waals surface area contributed by atoms with Crippen LogP contribution in [0.1, 0.15) is 23.9 Å². The third kappa shape index (κ3) is 2.94. The summed E-state index contributed by atoms with van der Waals surface area (Å²) in [6.45, 7) is 6.03. The number of fused-ring (bicyclic) bond motifs is 1. The average molecular weight is 284 g/mol. The van der Waals surface area contributed by atoms with E-state index in [0.29, 0.717) is 5.95 Å². The Morgan fingerprint density at radius 1 is 1.10 bits per heavy atom. The van der Waals surface area contributed by atoms with E-state index in [1.165, 1.54) is 0 Å². The molecule has 1 N–H and O–H groups in total. The molecule has 2 heterocycles. The lowest BCUT2D eigenvalue weighted by atomic mass is 10.1. The molecule has 6 heteroatoms. The second-order valence-electron chi connectivity index (χ2n) is 4.85. The molecule has 0 saturated carbocycles. The summed E-state index contributed by atoms with van der Waals surface area (Å²) in [6, 6.07) is 7.64. The van der Waals surface area contributed by atoms with Crippen molar-refractivity contribution in [3.05, 3.63) is 41.2 Å². The lowest BCUT2D eigenvalue weighted by Gasteiger charge is -2.05. The number of rotatable bonds is 3. The van der Waals surface area contributed by atoms with Crippen LogP contribution in [0.5, 0.6) is 11.5 Å². The van der Waals surface area contributed by atoms with E-state index in [4.69, 9.17) is 9.47 Å². The van der Waals surface area contributed by atoms with Gasteiger partial charge in [0.05, 0.1) is 5.71 Å². The third-order valence-electron chi connectivity index (χ3n) is 3.10. The van der Waals surface area contributed by atoms with Gasteiger partial charge in [-0.05, 0) is 45.0 Å². The van der Waals surface area contributed by atoms with Crippen molar-refractivity contribution in [3.63, 3.8) is 0 Å². The number of anilines is 1. The minimum Gasteiger partial charge on any atom is -0.454 e. The molecule has 0 amide bonds. The number of aryl methyl sites for hydroxylation is 2. The molecule has 6 nitrogen and oxygen atoms in total. The van der Waals surface area contributed by atoms with Crippen LogP contribution in [0.2, 0.25) is 0 Å². The van der Waals surface area contributed by atoms with Crippen LogP contribution >= 0.6 is 0 Å². The van der Waals surface area contributed by atoms with Crippen LogP contribution in [-0.4, -0.2) is 22.5 Å². The largest absolute Gasteiger partial charge is 0.454 e. The summed E-state index contributed by atoms with van der Waals surface area (Å²) < 4.78 is 10.7. The zero-order valence-electron chi connectivity index (χ0n) is 12.2. The van der Waals surface area contributed by atoms with Crippen LogP contribution in [0.4, 0.5) is 5.95 Å². The minimum atomic E-state index is 0.267. The Kier molecular flexibility index (Phi) is 3.43. The van der Waals surface area contributed by atoms with Crippen LogP contribution in [0.3, 0.4) is 0 Å². The normalized spacial score (nSPS) is 13.4.